The van der Waals surface area contributed by atoms with Gasteiger partial charge < -0.3 is 0 Å². The second-order valence-electron chi connectivity index (χ2n) is 12.7. The van der Waals surface area contributed by atoms with Crippen LogP contribution in [0.25, 0.3) is 0 Å². The molecule has 290 valence electrons. The second-order valence-corrected chi connectivity index (χ2v) is 21.7. The summed E-state index contributed by atoms with van der Waals surface area (Å²) in [5.74, 6) is 0. The maximum Gasteiger partial charge on any atom is -0.0134 e. The average Bonchev–Trinajstić information content (AvgIpc) is 4.04. The molecule has 2 fully saturated rings. The molecule has 7 aromatic carbocycles. The fraction of sp³-hybridized carbons (Fsp3) is 0. The van der Waals surface area contributed by atoms with E-state index in [1.54, 1.807) is 0 Å². The van der Waals surface area contributed by atoms with Crippen LogP contribution < -0.4 is 37.1 Å². The van der Waals surface area contributed by atoms with Crippen molar-refractivity contribution in [2.24, 2.45) is 0 Å². The molecule has 9 rings (SSSR count). The predicted octanol–water partition coefficient (Wildman–Crippen LogP) is 11.8. The van der Waals surface area contributed by atoms with Crippen molar-refractivity contribution in [2.45, 2.75) is 0 Å². The summed E-state index contributed by atoms with van der Waals surface area (Å²) in [6, 6.07) is 75.4. The van der Waals surface area contributed by atoms with Crippen molar-refractivity contribution in [2.75, 3.05) is 0 Å². The quantitative estimate of drug-likeness (QED) is 0.0999. The maximum atomic E-state index is 4.81. The van der Waals surface area contributed by atoms with E-state index in [-0.39, 0.29) is 15.9 Å². The van der Waals surface area contributed by atoms with Gasteiger partial charge in [-0.2, -0.15) is 0 Å². The largest absolute Gasteiger partial charge is 0.0622 e. The Morgan fingerprint density at radius 2 is 0.397 bits per heavy atom. The number of rotatable bonds is 9. The smallest absolute Gasteiger partial charge is 0.0134 e. The fourth-order valence-corrected chi connectivity index (χ4v) is 13.3. The van der Waals surface area contributed by atoms with Gasteiger partial charge in [-0.1, -0.05) is 212 Å². The van der Waals surface area contributed by atoms with E-state index in [1.165, 1.54) is 48.4 Å². The number of halogens is 2. The van der Waals surface area contributed by atoms with Gasteiger partial charge in [0.05, 0.1) is 0 Å². The Bertz CT molecular complexity index is 1820. The van der Waals surface area contributed by atoms with Crippen LogP contribution in [-0.2, 0) is 15.9 Å². The van der Waals surface area contributed by atoms with Gasteiger partial charge in [0.1, 0.15) is 0 Å². The van der Waals surface area contributed by atoms with Crippen molar-refractivity contribution in [3.63, 3.8) is 0 Å². The third-order valence-corrected chi connectivity index (χ3v) is 16.2. The molecule has 10 radical (unpaired) electrons. The van der Waals surface area contributed by atoms with Crippen LogP contribution in [0.4, 0.5) is 0 Å². The van der Waals surface area contributed by atoms with Crippen LogP contribution in [-0.4, -0.2) is 0 Å². The van der Waals surface area contributed by atoms with Crippen LogP contribution in [0.15, 0.2) is 212 Å². The fourth-order valence-electron chi connectivity index (χ4n) is 6.41. The van der Waals surface area contributed by atoms with Crippen LogP contribution in [0.5, 0.6) is 0 Å². The van der Waals surface area contributed by atoms with Crippen molar-refractivity contribution >= 4 is 80.0 Å². The van der Waals surface area contributed by atoms with Crippen molar-refractivity contribution < 1.29 is 15.9 Å². The first kappa shape index (κ1) is 44.6. The second kappa shape index (κ2) is 25.6. The summed E-state index contributed by atoms with van der Waals surface area (Å²) >= 11 is -0.106. The van der Waals surface area contributed by atoms with Crippen LogP contribution in [0, 0.1) is 62.7 Å². The minimum absolute atomic E-state index is 0.106. The minimum atomic E-state index is -0.446. The van der Waals surface area contributed by atoms with E-state index in [1.807, 2.05) is 0 Å². The average molecular weight is 938 g/mol. The zero-order chi connectivity index (χ0) is 40.0. The van der Waals surface area contributed by atoms with Gasteiger partial charge >= 0.3 is 35.0 Å². The molecule has 2 aliphatic carbocycles. The zero-order valence-corrected chi connectivity index (χ0v) is 37.5. The molecule has 0 N–H and O–H groups in total. The van der Waals surface area contributed by atoms with E-state index in [0.717, 1.165) is 0 Å². The molecule has 7 aromatic rings. The summed E-state index contributed by atoms with van der Waals surface area (Å²) in [7, 11) is 8.36. The van der Waals surface area contributed by atoms with Gasteiger partial charge in [-0.15, -0.1) is 0 Å². The van der Waals surface area contributed by atoms with E-state index in [9.17, 15) is 0 Å². The molecule has 0 heterocycles. The monoisotopic (exact) mass is 936 g/mol. The van der Waals surface area contributed by atoms with E-state index < -0.39 is 23.8 Å². The number of benzene rings is 7. The van der Waals surface area contributed by atoms with Gasteiger partial charge in [-0.05, 0) is 112 Å². The molecule has 0 aliphatic heterocycles. The normalized spacial score (nSPS) is 13.9. The van der Waals surface area contributed by atoms with Crippen LogP contribution >= 0.6 is 42.8 Å². The molecular formula is C52H43Cl2P3Pd. The van der Waals surface area contributed by atoms with Crippen LogP contribution in [0.1, 0.15) is 0 Å². The zero-order valence-electron chi connectivity index (χ0n) is 31.7. The van der Waals surface area contributed by atoms with Crippen LogP contribution in [0.3, 0.4) is 0 Å². The number of hydrogen-bond acceptors (Lipinski definition) is 0. The number of hydrogen-bond donors (Lipinski definition) is 0. The molecule has 0 amide bonds. The Morgan fingerprint density at radius 3 is 0.569 bits per heavy atom. The molecule has 0 nitrogen and oxygen atoms in total. The van der Waals surface area contributed by atoms with E-state index >= 15 is 0 Å². The molecule has 2 saturated carbocycles. The summed E-state index contributed by atoms with van der Waals surface area (Å²) in [5, 5.41) is 9.82. The van der Waals surface area contributed by atoms with E-state index in [0.29, 0.717) is 0 Å². The Morgan fingerprint density at radius 1 is 0.241 bits per heavy atom. The first-order chi connectivity index (χ1) is 28.8. The van der Waals surface area contributed by atoms with E-state index in [2.05, 4.69) is 264 Å². The third-order valence-electron chi connectivity index (χ3n) is 8.91. The minimum Gasteiger partial charge on any atom is -0.0622 e. The van der Waals surface area contributed by atoms with Crippen molar-refractivity contribution in [3.8, 4) is 0 Å². The summed E-state index contributed by atoms with van der Waals surface area (Å²) in [6.45, 7) is 0. The van der Waals surface area contributed by atoms with Gasteiger partial charge in [0, 0.05) is 11.3 Å². The Labute approximate surface area is 368 Å². The molecule has 2 aliphatic rings. The third kappa shape index (κ3) is 13.5. The molecule has 0 atom stereocenters. The molecule has 0 aromatic heterocycles. The first-order valence-electron chi connectivity index (χ1n) is 18.8. The summed E-state index contributed by atoms with van der Waals surface area (Å²) < 4.78 is 0. The van der Waals surface area contributed by atoms with Gasteiger partial charge in [0.15, 0.2) is 0 Å². The van der Waals surface area contributed by atoms with Crippen LogP contribution in [0.2, 0.25) is 0 Å². The van der Waals surface area contributed by atoms with Crippen molar-refractivity contribution in [1.29, 1.82) is 0 Å². The first-order valence-corrected chi connectivity index (χ1v) is 26.8. The molecule has 0 bridgehead atoms. The van der Waals surface area contributed by atoms with Gasteiger partial charge in [-0.3, -0.25) is 0 Å². The molecule has 0 spiro atoms. The summed E-state index contributed by atoms with van der Waals surface area (Å²) in [5.41, 5.74) is 2.84. The Balaban J connectivity index is 0.000000142. The predicted molar refractivity (Wildman–Crippen MR) is 256 cm³/mol. The van der Waals surface area contributed by atoms with Crippen molar-refractivity contribution in [1.82, 2.24) is 0 Å². The Hall–Kier alpha value is -2.93. The standard InChI is InChI=1S/C18H15P.2C17H14P.2ClH.Pd/c1-4-10-16(11-5-1)19(17-12-6-2-7-13-17)18-14-8-3-9-15-18;2*1-3-9-15(10-4-1)18(17-13-7-8-14-17)16-11-5-2-6-12-16;;;/h1-15H;2*1-14H;2*1H;/q;;;;;+2/p-2. The maximum absolute atomic E-state index is 4.81. The molecule has 58 heavy (non-hydrogen) atoms. The van der Waals surface area contributed by atoms with Crippen molar-refractivity contribution in [3.05, 3.63) is 275 Å². The molecule has 6 heteroatoms. The van der Waals surface area contributed by atoms with E-state index in [4.69, 9.17) is 19.1 Å². The SMILES string of the molecule is [CH]1[CH][CH][C](P(c2ccccc2)c2ccccc2)[CH]1.[CH]1[CH][CH][C](P(c2ccccc2)c2ccccc2)[CH]1.[Cl][Pd][Cl].c1ccc(P(c2ccccc2)c2ccccc2)cc1. The van der Waals surface area contributed by atoms with Gasteiger partial charge in [-0.25, -0.2) is 0 Å². The van der Waals surface area contributed by atoms with Gasteiger partial charge in [0.25, 0.3) is 0 Å². The van der Waals surface area contributed by atoms with Gasteiger partial charge in [0.2, 0.25) is 0 Å². The topological polar surface area (TPSA) is 0 Å². The summed E-state index contributed by atoms with van der Waals surface area (Å²) in [4.78, 5) is 0. The molecular weight excluding hydrogens is 895 g/mol. The molecule has 0 unspecified atom stereocenters. The summed E-state index contributed by atoms with van der Waals surface area (Å²) in [6.07, 6.45) is 17.4. The molecule has 0 saturated heterocycles. The Kier molecular flexibility index (Phi) is 19.7.